The van der Waals surface area contributed by atoms with E-state index < -0.39 is 0 Å². The molecule has 1 fully saturated rings. The van der Waals surface area contributed by atoms with E-state index in [0.717, 1.165) is 29.2 Å². The molecule has 2 aliphatic carbocycles. The summed E-state index contributed by atoms with van der Waals surface area (Å²) in [6.45, 7) is 6.53. The Hall–Kier alpha value is -1.89. The molecule has 0 amide bonds. The van der Waals surface area contributed by atoms with Crippen molar-refractivity contribution < 1.29 is 4.79 Å². The van der Waals surface area contributed by atoms with E-state index >= 15 is 0 Å². The van der Waals surface area contributed by atoms with Gasteiger partial charge in [-0.3, -0.25) is 4.79 Å². The summed E-state index contributed by atoms with van der Waals surface area (Å²) < 4.78 is 0. The van der Waals surface area contributed by atoms with Crippen LogP contribution < -0.4 is 0 Å². The number of hydrogen-bond donors (Lipinski definition) is 0. The molecule has 0 bridgehead atoms. The van der Waals surface area contributed by atoms with Crippen LogP contribution in [-0.2, 0) is 0 Å². The van der Waals surface area contributed by atoms with Crippen LogP contribution in [0.4, 0.5) is 0 Å². The van der Waals surface area contributed by atoms with Crippen molar-refractivity contribution >= 4 is 16.6 Å². The average molecular weight is 262 g/mol. The first-order chi connectivity index (χ1) is 9.60. The van der Waals surface area contributed by atoms with E-state index in [4.69, 9.17) is 0 Å². The first kappa shape index (κ1) is 11.9. The van der Waals surface area contributed by atoms with Gasteiger partial charge in [0.1, 0.15) is 0 Å². The minimum atomic E-state index is 0.0869. The first-order valence-corrected chi connectivity index (χ1v) is 7.33. The van der Waals surface area contributed by atoms with Gasteiger partial charge >= 0.3 is 0 Å². The number of rotatable bonds is 0. The third-order valence-corrected chi connectivity index (χ3v) is 5.24. The molecule has 1 saturated carbocycles. The minimum Gasteiger partial charge on any atom is -0.294 e. The molecule has 0 N–H and O–H groups in total. The molecule has 0 aliphatic heterocycles. The number of benzene rings is 2. The van der Waals surface area contributed by atoms with E-state index in [-0.39, 0.29) is 5.41 Å². The van der Waals surface area contributed by atoms with Gasteiger partial charge in [0.25, 0.3) is 0 Å². The van der Waals surface area contributed by atoms with Gasteiger partial charge in [0.15, 0.2) is 5.78 Å². The van der Waals surface area contributed by atoms with Gasteiger partial charge in [-0.1, -0.05) is 55.5 Å². The van der Waals surface area contributed by atoms with E-state index in [1.165, 1.54) is 11.1 Å². The molecule has 0 spiro atoms. The Morgan fingerprint density at radius 1 is 1.20 bits per heavy atom. The van der Waals surface area contributed by atoms with Crippen molar-refractivity contribution in [1.29, 1.82) is 0 Å². The van der Waals surface area contributed by atoms with E-state index in [1.54, 1.807) is 0 Å². The van der Waals surface area contributed by atoms with Crippen LogP contribution in [0.25, 0.3) is 10.8 Å². The smallest absolute Gasteiger partial charge is 0.164 e. The molecule has 2 aromatic carbocycles. The molecule has 0 heterocycles. The lowest BCUT2D eigenvalue weighted by Gasteiger charge is -2.37. The van der Waals surface area contributed by atoms with Crippen LogP contribution >= 0.6 is 0 Å². The van der Waals surface area contributed by atoms with Crippen LogP contribution in [0.2, 0.25) is 0 Å². The SMILES string of the molecule is C=C1CC[C@@]2(C)CC(=O)c3c(ccc4ccccc34)[C@H]12. The maximum absolute atomic E-state index is 12.7. The van der Waals surface area contributed by atoms with Crippen LogP contribution in [0.1, 0.15) is 48.0 Å². The Kier molecular flexibility index (Phi) is 2.27. The van der Waals surface area contributed by atoms with Gasteiger partial charge in [0.05, 0.1) is 0 Å². The molecule has 0 radical (unpaired) electrons. The van der Waals surface area contributed by atoms with Gasteiger partial charge in [-0.05, 0) is 34.6 Å². The Morgan fingerprint density at radius 3 is 2.85 bits per heavy atom. The molecule has 2 aliphatic rings. The van der Waals surface area contributed by atoms with Gasteiger partial charge in [-0.25, -0.2) is 0 Å². The Labute approximate surface area is 119 Å². The van der Waals surface area contributed by atoms with Crippen molar-refractivity contribution in [3.8, 4) is 0 Å². The third kappa shape index (κ3) is 1.41. The third-order valence-electron chi connectivity index (χ3n) is 5.24. The number of carbonyl (C=O) groups excluding carboxylic acids is 1. The van der Waals surface area contributed by atoms with Crippen molar-refractivity contribution in [2.24, 2.45) is 5.41 Å². The zero-order valence-electron chi connectivity index (χ0n) is 11.8. The van der Waals surface area contributed by atoms with Crippen LogP contribution in [-0.4, -0.2) is 5.78 Å². The summed E-state index contributed by atoms with van der Waals surface area (Å²) in [5, 5.41) is 2.27. The number of fused-ring (bicyclic) bond motifs is 5. The van der Waals surface area contributed by atoms with Gasteiger partial charge in [-0.15, -0.1) is 0 Å². The molecule has 2 aromatic rings. The molecule has 0 saturated heterocycles. The highest BCUT2D eigenvalue weighted by atomic mass is 16.1. The standard InChI is InChI=1S/C19H18O/c1-12-9-10-19(2)11-16(20)17-14-6-4-3-5-13(14)7-8-15(17)18(12)19/h3-8,18H,1,9-11H2,2H3/t18-,19-/m0/s1. The summed E-state index contributed by atoms with van der Waals surface area (Å²) in [7, 11) is 0. The van der Waals surface area contributed by atoms with Crippen LogP contribution in [0.3, 0.4) is 0 Å². The van der Waals surface area contributed by atoms with E-state index in [2.05, 4.69) is 37.8 Å². The largest absolute Gasteiger partial charge is 0.294 e. The fraction of sp³-hybridized carbons (Fsp3) is 0.316. The maximum atomic E-state index is 12.7. The van der Waals surface area contributed by atoms with Crippen LogP contribution in [0, 0.1) is 5.41 Å². The molecule has 0 aromatic heterocycles. The fourth-order valence-corrected chi connectivity index (χ4v) is 4.31. The summed E-state index contributed by atoms with van der Waals surface area (Å²) in [4.78, 5) is 12.7. The number of carbonyl (C=O) groups is 1. The average Bonchev–Trinajstić information content (AvgIpc) is 2.73. The molecule has 2 atom stereocenters. The molecule has 4 rings (SSSR count). The molecule has 20 heavy (non-hydrogen) atoms. The van der Waals surface area contributed by atoms with Crippen molar-refractivity contribution in [1.82, 2.24) is 0 Å². The minimum absolute atomic E-state index is 0.0869. The summed E-state index contributed by atoms with van der Waals surface area (Å²) in [5.74, 6) is 0.671. The second-order valence-electron chi connectivity index (χ2n) is 6.60. The van der Waals surface area contributed by atoms with Crippen molar-refractivity contribution in [2.45, 2.75) is 32.1 Å². The summed E-state index contributed by atoms with van der Waals surface area (Å²) in [6, 6.07) is 12.5. The van der Waals surface area contributed by atoms with Crippen LogP contribution in [0.15, 0.2) is 48.6 Å². The second kappa shape index (κ2) is 3.82. The topological polar surface area (TPSA) is 17.1 Å². The lowest BCUT2D eigenvalue weighted by atomic mass is 9.65. The molecular formula is C19H18O. The molecule has 1 nitrogen and oxygen atoms in total. The number of hydrogen-bond acceptors (Lipinski definition) is 1. The number of ketones is 1. The lowest BCUT2D eigenvalue weighted by Crippen LogP contribution is -2.31. The molecular weight excluding hydrogens is 244 g/mol. The highest BCUT2D eigenvalue weighted by Crippen LogP contribution is 2.58. The van der Waals surface area contributed by atoms with Gasteiger partial charge in [0, 0.05) is 17.9 Å². The monoisotopic (exact) mass is 262 g/mol. The molecule has 0 unspecified atom stereocenters. The van der Waals surface area contributed by atoms with Crippen molar-refractivity contribution in [3.05, 3.63) is 59.7 Å². The summed E-state index contributed by atoms with van der Waals surface area (Å²) >= 11 is 0. The van der Waals surface area contributed by atoms with E-state index in [1.807, 2.05) is 12.1 Å². The highest BCUT2D eigenvalue weighted by Gasteiger charge is 2.48. The van der Waals surface area contributed by atoms with Gasteiger partial charge in [-0.2, -0.15) is 0 Å². The summed E-state index contributed by atoms with van der Waals surface area (Å²) in [5.41, 5.74) is 3.55. The predicted octanol–water partition coefficient (Wildman–Crippen LogP) is 4.87. The molecule has 1 heteroatoms. The van der Waals surface area contributed by atoms with E-state index in [0.29, 0.717) is 18.1 Å². The second-order valence-corrected chi connectivity index (χ2v) is 6.60. The van der Waals surface area contributed by atoms with Crippen LogP contribution in [0.5, 0.6) is 0 Å². The fourth-order valence-electron chi connectivity index (χ4n) is 4.31. The lowest BCUT2D eigenvalue weighted by molar-refractivity contribution is 0.0894. The number of Topliss-reactive ketones (excluding diaryl/α,β-unsaturated/α-hetero) is 1. The molecule has 100 valence electrons. The normalized spacial score (nSPS) is 28.6. The predicted molar refractivity (Wildman–Crippen MR) is 82.1 cm³/mol. The van der Waals surface area contributed by atoms with Gasteiger partial charge in [0.2, 0.25) is 0 Å². The summed E-state index contributed by atoms with van der Waals surface area (Å²) in [6.07, 6.45) is 2.81. The zero-order chi connectivity index (χ0) is 13.9. The Morgan fingerprint density at radius 2 is 2.00 bits per heavy atom. The zero-order valence-corrected chi connectivity index (χ0v) is 11.8. The number of allylic oxidation sites excluding steroid dienone is 1. The highest BCUT2D eigenvalue weighted by molar-refractivity contribution is 6.11. The first-order valence-electron chi connectivity index (χ1n) is 7.33. The van der Waals surface area contributed by atoms with E-state index in [9.17, 15) is 4.79 Å². The Balaban J connectivity index is 2.06. The van der Waals surface area contributed by atoms with Crippen molar-refractivity contribution in [2.75, 3.05) is 0 Å². The maximum Gasteiger partial charge on any atom is 0.164 e. The Bertz CT molecular complexity index is 755. The van der Waals surface area contributed by atoms with Gasteiger partial charge < -0.3 is 0 Å². The quantitative estimate of drug-likeness (QED) is 0.619. The van der Waals surface area contributed by atoms with Crippen molar-refractivity contribution in [3.63, 3.8) is 0 Å².